The van der Waals surface area contributed by atoms with Crippen molar-refractivity contribution in [1.82, 2.24) is 0 Å². The van der Waals surface area contributed by atoms with E-state index in [2.05, 4.69) is 5.32 Å². The molecule has 0 fully saturated rings. The summed E-state index contributed by atoms with van der Waals surface area (Å²) in [6.07, 6.45) is -0.0706. The average molecular weight is 281 g/mol. The van der Waals surface area contributed by atoms with Crippen LogP contribution < -0.4 is 5.32 Å². The third kappa shape index (κ3) is 5.82. The summed E-state index contributed by atoms with van der Waals surface area (Å²) in [7, 11) is 0. The summed E-state index contributed by atoms with van der Waals surface area (Å²) >= 11 is 0. The Morgan fingerprint density at radius 1 is 1.25 bits per heavy atom. The van der Waals surface area contributed by atoms with Gasteiger partial charge in [-0.15, -0.1) is 0 Å². The Labute approximate surface area is 118 Å². The standard InChI is InChI=1S/C15H20FNO3/c1-10-5-6-11(16)12(9-10)17-13(18)7-8-14(19)20-15(2,3)4/h5-6,9H,7-8H2,1-4H3,(H,17,18). The van der Waals surface area contributed by atoms with Gasteiger partial charge in [-0.25, -0.2) is 4.39 Å². The first-order valence-electron chi connectivity index (χ1n) is 6.45. The molecule has 0 aliphatic carbocycles. The summed E-state index contributed by atoms with van der Waals surface area (Å²) < 4.78 is 18.5. The van der Waals surface area contributed by atoms with Gasteiger partial charge in [0.05, 0.1) is 12.1 Å². The zero-order valence-electron chi connectivity index (χ0n) is 12.2. The molecule has 0 radical (unpaired) electrons. The lowest BCUT2D eigenvalue weighted by Crippen LogP contribution is -2.24. The number of benzene rings is 1. The predicted octanol–water partition coefficient (Wildman–Crippen LogP) is 3.19. The van der Waals surface area contributed by atoms with Crippen molar-refractivity contribution in [3.63, 3.8) is 0 Å². The van der Waals surface area contributed by atoms with Gasteiger partial charge in [-0.1, -0.05) is 6.07 Å². The number of amides is 1. The topological polar surface area (TPSA) is 55.4 Å². The van der Waals surface area contributed by atoms with Gasteiger partial charge in [0.25, 0.3) is 0 Å². The van der Waals surface area contributed by atoms with Crippen LogP contribution >= 0.6 is 0 Å². The second-order valence-electron chi connectivity index (χ2n) is 5.62. The number of nitrogens with one attached hydrogen (secondary N) is 1. The second-order valence-corrected chi connectivity index (χ2v) is 5.62. The van der Waals surface area contributed by atoms with Gasteiger partial charge >= 0.3 is 5.97 Å². The molecule has 1 rings (SSSR count). The van der Waals surface area contributed by atoms with Crippen LogP contribution in [0.4, 0.5) is 10.1 Å². The van der Waals surface area contributed by atoms with Gasteiger partial charge in [0.1, 0.15) is 11.4 Å². The minimum atomic E-state index is -0.573. The minimum Gasteiger partial charge on any atom is -0.460 e. The van der Waals surface area contributed by atoms with E-state index in [4.69, 9.17) is 4.74 Å². The zero-order chi connectivity index (χ0) is 15.3. The Morgan fingerprint density at radius 3 is 2.50 bits per heavy atom. The fourth-order valence-electron chi connectivity index (χ4n) is 1.56. The fourth-order valence-corrected chi connectivity index (χ4v) is 1.56. The lowest BCUT2D eigenvalue weighted by molar-refractivity contribution is -0.155. The van der Waals surface area contributed by atoms with Gasteiger partial charge in [-0.3, -0.25) is 9.59 Å². The quantitative estimate of drug-likeness (QED) is 0.862. The molecule has 1 aromatic carbocycles. The van der Waals surface area contributed by atoms with Gasteiger partial charge in [0, 0.05) is 6.42 Å². The van der Waals surface area contributed by atoms with Gasteiger partial charge in [-0.2, -0.15) is 0 Å². The Bertz CT molecular complexity index is 506. The summed E-state index contributed by atoms with van der Waals surface area (Å²) in [4.78, 5) is 23.1. The Kier molecular flexibility index (Phi) is 5.25. The molecule has 1 amide bonds. The van der Waals surface area contributed by atoms with Gasteiger partial charge < -0.3 is 10.1 Å². The molecular formula is C15H20FNO3. The van der Waals surface area contributed by atoms with E-state index in [0.717, 1.165) is 5.56 Å². The highest BCUT2D eigenvalue weighted by Crippen LogP contribution is 2.16. The Balaban J connectivity index is 2.48. The van der Waals surface area contributed by atoms with Crippen LogP contribution in [0.2, 0.25) is 0 Å². The predicted molar refractivity (Wildman–Crippen MR) is 74.8 cm³/mol. The lowest BCUT2D eigenvalue weighted by Gasteiger charge is -2.19. The highest BCUT2D eigenvalue weighted by atomic mass is 19.1. The number of carbonyl (C=O) groups is 2. The van der Waals surface area contributed by atoms with E-state index in [0.29, 0.717) is 0 Å². The maximum Gasteiger partial charge on any atom is 0.306 e. The Hall–Kier alpha value is -1.91. The summed E-state index contributed by atoms with van der Waals surface area (Å²) in [5, 5.41) is 2.45. The molecule has 0 aliphatic heterocycles. The van der Waals surface area contributed by atoms with Gasteiger partial charge in [0.15, 0.2) is 0 Å². The largest absolute Gasteiger partial charge is 0.460 e. The van der Waals surface area contributed by atoms with Crippen molar-refractivity contribution >= 4 is 17.6 Å². The van der Waals surface area contributed by atoms with Crippen LogP contribution in [0, 0.1) is 12.7 Å². The maximum atomic E-state index is 13.4. The van der Waals surface area contributed by atoms with E-state index in [9.17, 15) is 14.0 Å². The van der Waals surface area contributed by atoms with E-state index in [-0.39, 0.29) is 18.5 Å². The van der Waals surface area contributed by atoms with E-state index in [1.54, 1.807) is 39.8 Å². The summed E-state index contributed by atoms with van der Waals surface area (Å²) in [5.41, 5.74) is 0.393. The molecule has 0 unspecified atom stereocenters. The van der Waals surface area contributed by atoms with Crippen molar-refractivity contribution in [2.24, 2.45) is 0 Å². The number of ether oxygens (including phenoxy) is 1. The smallest absolute Gasteiger partial charge is 0.306 e. The number of halogens is 1. The number of aryl methyl sites for hydroxylation is 1. The maximum absolute atomic E-state index is 13.4. The SMILES string of the molecule is Cc1ccc(F)c(NC(=O)CCC(=O)OC(C)(C)C)c1. The van der Waals surface area contributed by atoms with Crippen LogP contribution in [0.5, 0.6) is 0 Å². The van der Waals surface area contributed by atoms with Crippen LogP contribution in [0.3, 0.4) is 0 Å². The van der Waals surface area contributed by atoms with Crippen molar-refractivity contribution in [3.05, 3.63) is 29.6 Å². The Morgan fingerprint density at radius 2 is 1.90 bits per heavy atom. The van der Waals surface area contributed by atoms with Crippen LogP contribution in [0.15, 0.2) is 18.2 Å². The van der Waals surface area contributed by atoms with Crippen molar-refractivity contribution in [2.45, 2.75) is 46.1 Å². The number of esters is 1. The lowest BCUT2D eigenvalue weighted by atomic mass is 10.2. The highest BCUT2D eigenvalue weighted by molar-refractivity contribution is 5.92. The number of rotatable bonds is 4. The minimum absolute atomic E-state index is 0.0312. The van der Waals surface area contributed by atoms with Crippen LogP contribution in [-0.2, 0) is 14.3 Å². The molecule has 0 heterocycles. The average Bonchev–Trinajstić information content (AvgIpc) is 2.29. The van der Waals surface area contributed by atoms with Crippen molar-refractivity contribution < 1.29 is 18.7 Å². The van der Waals surface area contributed by atoms with Crippen LogP contribution in [0.25, 0.3) is 0 Å². The van der Waals surface area contributed by atoms with E-state index >= 15 is 0 Å². The first-order valence-corrected chi connectivity index (χ1v) is 6.45. The molecule has 0 saturated heterocycles. The molecule has 0 aliphatic rings. The molecular weight excluding hydrogens is 261 g/mol. The third-order valence-corrected chi connectivity index (χ3v) is 2.37. The molecule has 1 aromatic rings. The molecule has 0 aromatic heterocycles. The van der Waals surface area contributed by atoms with E-state index in [1.807, 2.05) is 0 Å². The van der Waals surface area contributed by atoms with Crippen molar-refractivity contribution in [1.29, 1.82) is 0 Å². The zero-order valence-corrected chi connectivity index (χ0v) is 12.2. The molecule has 4 nitrogen and oxygen atoms in total. The number of anilines is 1. The molecule has 1 N–H and O–H groups in total. The molecule has 20 heavy (non-hydrogen) atoms. The summed E-state index contributed by atoms with van der Waals surface area (Å²) in [6.45, 7) is 7.07. The molecule has 110 valence electrons. The molecule has 0 atom stereocenters. The monoisotopic (exact) mass is 281 g/mol. The molecule has 0 saturated carbocycles. The number of carbonyl (C=O) groups excluding carboxylic acids is 2. The van der Waals surface area contributed by atoms with Gasteiger partial charge in [-0.05, 0) is 45.4 Å². The second kappa shape index (κ2) is 6.50. The molecule has 0 bridgehead atoms. The third-order valence-electron chi connectivity index (χ3n) is 2.37. The number of hydrogen-bond acceptors (Lipinski definition) is 3. The summed E-state index contributed by atoms with van der Waals surface area (Å²) in [5.74, 6) is -1.36. The normalized spacial score (nSPS) is 11.1. The van der Waals surface area contributed by atoms with Crippen LogP contribution in [-0.4, -0.2) is 17.5 Å². The summed E-state index contributed by atoms with van der Waals surface area (Å²) in [6, 6.07) is 4.45. The highest BCUT2D eigenvalue weighted by Gasteiger charge is 2.17. The van der Waals surface area contributed by atoms with Gasteiger partial charge in [0.2, 0.25) is 5.91 Å². The fraction of sp³-hybridized carbons (Fsp3) is 0.467. The molecule has 5 heteroatoms. The van der Waals surface area contributed by atoms with Crippen LogP contribution in [0.1, 0.15) is 39.2 Å². The first-order chi connectivity index (χ1) is 9.17. The van der Waals surface area contributed by atoms with Crippen molar-refractivity contribution in [3.8, 4) is 0 Å². The number of hydrogen-bond donors (Lipinski definition) is 1. The first kappa shape index (κ1) is 16.1. The molecule has 0 spiro atoms. The van der Waals surface area contributed by atoms with E-state index in [1.165, 1.54) is 6.07 Å². The van der Waals surface area contributed by atoms with E-state index < -0.39 is 23.3 Å². The van der Waals surface area contributed by atoms with Crippen molar-refractivity contribution in [2.75, 3.05) is 5.32 Å².